The molecule has 27 heavy (non-hydrogen) atoms. The first-order valence-corrected chi connectivity index (χ1v) is 9.57. The minimum Gasteiger partial charge on any atom is -0.467 e. The largest absolute Gasteiger partial charge is 0.467 e. The highest BCUT2D eigenvalue weighted by molar-refractivity contribution is 9.10. The lowest BCUT2D eigenvalue weighted by Crippen LogP contribution is -2.65. The van der Waals surface area contributed by atoms with Gasteiger partial charge in [-0.1, -0.05) is 15.9 Å². The molecule has 2 aromatic rings. The number of nitrogens with zero attached hydrogens (tertiary/aromatic N) is 1. The van der Waals surface area contributed by atoms with Crippen LogP contribution in [0, 0.1) is 0 Å². The first-order valence-electron chi connectivity index (χ1n) is 8.77. The Morgan fingerprint density at radius 3 is 2.78 bits per heavy atom. The molecule has 2 aliphatic rings. The molecule has 2 aromatic carbocycles. The third kappa shape index (κ3) is 3.06. The van der Waals surface area contributed by atoms with Crippen molar-refractivity contribution in [2.75, 3.05) is 11.5 Å². The minimum atomic E-state index is -0.820. The average Bonchev–Trinajstić information content (AvgIpc) is 2.62. The molecule has 1 fully saturated rings. The van der Waals surface area contributed by atoms with Crippen LogP contribution in [0.15, 0.2) is 46.9 Å². The highest BCUT2D eigenvalue weighted by Gasteiger charge is 2.49. The lowest BCUT2D eigenvalue weighted by Gasteiger charge is -2.50. The zero-order valence-electron chi connectivity index (χ0n) is 15.0. The third-order valence-electron chi connectivity index (χ3n) is 4.87. The molecule has 7 heteroatoms. The number of benzene rings is 2. The summed E-state index contributed by atoms with van der Waals surface area (Å²) in [6, 6.07) is 12.2. The van der Waals surface area contributed by atoms with E-state index in [1.807, 2.05) is 25.1 Å². The fraction of sp³-hybridized carbons (Fsp3) is 0.300. The predicted molar refractivity (Wildman–Crippen MR) is 104 cm³/mol. The van der Waals surface area contributed by atoms with Gasteiger partial charge in [0.1, 0.15) is 5.75 Å². The van der Waals surface area contributed by atoms with Crippen molar-refractivity contribution in [2.24, 2.45) is 0 Å². The van der Waals surface area contributed by atoms with Gasteiger partial charge in [-0.25, -0.2) is 9.59 Å². The van der Waals surface area contributed by atoms with Crippen molar-refractivity contribution in [3.63, 3.8) is 0 Å². The summed E-state index contributed by atoms with van der Waals surface area (Å²) in [4.78, 5) is 26.3. The van der Waals surface area contributed by atoms with Crippen LogP contribution in [-0.4, -0.2) is 24.3 Å². The fourth-order valence-corrected chi connectivity index (χ4v) is 4.08. The Morgan fingerprint density at radius 2 is 2.07 bits per heavy atom. The second-order valence-corrected chi connectivity index (χ2v) is 7.68. The van der Waals surface area contributed by atoms with Gasteiger partial charge in [0.05, 0.1) is 18.2 Å². The molecule has 6 nitrogen and oxygen atoms in total. The molecule has 2 bridgehead atoms. The number of anilines is 1. The summed E-state index contributed by atoms with van der Waals surface area (Å²) < 4.78 is 12.2. The van der Waals surface area contributed by atoms with E-state index in [1.54, 1.807) is 36.1 Å². The molecule has 2 heterocycles. The lowest BCUT2D eigenvalue weighted by atomic mass is 9.90. The van der Waals surface area contributed by atoms with Crippen LogP contribution in [0.5, 0.6) is 5.75 Å². The number of urea groups is 1. The minimum absolute atomic E-state index is 0.112. The van der Waals surface area contributed by atoms with Gasteiger partial charge in [0, 0.05) is 22.1 Å². The number of hydrogen-bond donors (Lipinski definition) is 1. The maximum absolute atomic E-state index is 12.9. The van der Waals surface area contributed by atoms with E-state index < -0.39 is 5.72 Å². The van der Waals surface area contributed by atoms with Crippen LogP contribution < -0.4 is 15.0 Å². The Bertz CT molecular complexity index is 915. The molecule has 0 unspecified atom stereocenters. The van der Waals surface area contributed by atoms with Crippen LogP contribution in [0.4, 0.5) is 10.5 Å². The van der Waals surface area contributed by atoms with Gasteiger partial charge >= 0.3 is 12.0 Å². The van der Waals surface area contributed by atoms with E-state index in [4.69, 9.17) is 9.47 Å². The lowest BCUT2D eigenvalue weighted by molar-refractivity contribution is 0.0378. The molecule has 2 aliphatic heterocycles. The molecule has 4 rings (SSSR count). The van der Waals surface area contributed by atoms with Gasteiger partial charge in [-0.2, -0.15) is 0 Å². The topological polar surface area (TPSA) is 67.9 Å². The molecule has 140 valence electrons. The number of carbonyl (C=O) groups excluding carboxylic acids is 2. The van der Waals surface area contributed by atoms with Gasteiger partial charge in [-0.15, -0.1) is 0 Å². The summed E-state index contributed by atoms with van der Waals surface area (Å²) in [5.41, 5.74) is 1.24. The van der Waals surface area contributed by atoms with E-state index >= 15 is 0 Å². The number of hydrogen-bond acceptors (Lipinski definition) is 4. The number of fused-ring (bicyclic) bond motifs is 4. The number of halogens is 1. The molecule has 0 spiro atoms. The second kappa shape index (κ2) is 6.56. The first kappa shape index (κ1) is 17.9. The zero-order chi connectivity index (χ0) is 19.2. The van der Waals surface area contributed by atoms with E-state index in [9.17, 15) is 9.59 Å². The quantitative estimate of drug-likeness (QED) is 0.732. The van der Waals surface area contributed by atoms with Crippen LogP contribution in [0.3, 0.4) is 0 Å². The number of amides is 2. The number of carbonyl (C=O) groups is 2. The van der Waals surface area contributed by atoms with Gasteiger partial charge in [0.15, 0.2) is 5.72 Å². The molecule has 0 aliphatic carbocycles. The highest BCUT2D eigenvalue weighted by Crippen LogP contribution is 2.46. The van der Waals surface area contributed by atoms with Crippen molar-refractivity contribution in [3.05, 3.63) is 58.1 Å². The molecule has 1 N–H and O–H groups in total. The summed E-state index contributed by atoms with van der Waals surface area (Å²) in [5, 5.41) is 3.06. The van der Waals surface area contributed by atoms with Crippen molar-refractivity contribution in [3.8, 4) is 5.75 Å². The SMILES string of the molecule is CCOC(=O)c1ccc(N2C(=O)N[C@@H]3C[C@@]2(C)Oc2ccc(Br)cc23)cc1. The van der Waals surface area contributed by atoms with Crippen LogP contribution in [-0.2, 0) is 4.74 Å². The molecular weight excluding hydrogens is 412 g/mol. The van der Waals surface area contributed by atoms with Crippen LogP contribution in [0.1, 0.15) is 42.2 Å². The Balaban J connectivity index is 1.67. The highest BCUT2D eigenvalue weighted by atomic mass is 79.9. The average molecular weight is 431 g/mol. The van der Waals surface area contributed by atoms with Gasteiger partial charge < -0.3 is 14.8 Å². The maximum atomic E-state index is 12.9. The van der Waals surface area contributed by atoms with E-state index in [-0.39, 0.29) is 18.0 Å². The standard InChI is InChI=1S/C20H19BrN2O4/c1-3-26-18(24)12-4-7-14(8-5-12)23-19(25)22-16-11-20(23,2)27-17-9-6-13(21)10-15(16)17/h4-10,16H,3,11H2,1-2H3,(H,22,25)/t16-,20-/m1/s1. The first-order chi connectivity index (χ1) is 12.9. The van der Waals surface area contributed by atoms with Crippen molar-refractivity contribution < 1.29 is 19.1 Å². The number of rotatable bonds is 3. The normalized spacial score (nSPS) is 23.1. The van der Waals surface area contributed by atoms with E-state index in [0.717, 1.165) is 15.8 Å². The molecule has 2 atom stereocenters. The van der Waals surface area contributed by atoms with Gasteiger partial charge in [0.2, 0.25) is 0 Å². The summed E-state index contributed by atoms with van der Waals surface area (Å²) in [6.07, 6.45) is 0.613. The Hall–Kier alpha value is -2.54. The molecule has 0 saturated carbocycles. The number of esters is 1. The molecule has 0 radical (unpaired) electrons. The maximum Gasteiger partial charge on any atom is 0.338 e. The van der Waals surface area contributed by atoms with Crippen LogP contribution >= 0.6 is 15.9 Å². The monoisotopic (exact) mass is 430 g/mol. The van der Waals surface area contributed by atoms with E-state index in [1.165, 1.54) is 0 Å². The Labute approximate surface area is 165 Å². The van der Waals surface area contributed by atoms with Crippen molar-refractivity contribution in [2.45, 2.75) is 32.0 Å². The number of ether oxygens (including phenoxy) is 2. The Kier molecular flexibility index (Phi) is 4.34. The van der Waals surface area contributed by atoms with Crippen molar-refractivity contribution in [1.29, 1.82) is 0 Å². The Morgan fingerprint density at radius 1 is 1.33 bits per heavy atom. The summed E-state index contributed by atoms with van der Waals surface area (Å²) in [5.74, 6) is 0.372. The van der Waals surface area contributed by atoms with Gasteiger partial charge in [0.25, 0.3) is 0 Å². The van der Waals surface area contributed by atoms with Crippen LogP contribution in [0.25, 0.3) is 0 Å². The van der Waals surface area contributed by atoms with Crippen molar-refractivity contribution in [1.82, 2.24) is 5.32 Å². The molecule has 2 amide bonds. The zero-order valence-corrected chi connectivity index (χ0v) is 16.6. The van der Waals surface area contributed by atoms with E-state index in [0.29, 0.717) is 24.3 Å². The molecule has 0 aromatic heterocycles. The summed E-state index contributed by atoms with van der Waals surface area (Å²) >= 11 is 3.47. The summed E-state index contributed by atoms with van der Waals surface area (Å²) in [6.45, 7) is 3.99. The van der Waals surface area contributed by atoms with E-state index in [2.05, 4.69) is 21.2 Å². The third-order valence-corrected chi connectivity index (χ3v) is 5.36. The van der Waals surface area contributed by atoms with Gasteiger partial charge in [-0.05, 0) is 56.3 Å². The van der Waals surface area contributed by atoms with Gasteiger partial charge in [-0.3, -0.25) is 4.90 Å². The molecular formula is C20H19BrN2O4. The van der Waals surface area contributed by atoms with Crippen LogP contribution in [0.2, 0.25) is 0 Å². The summed E-state index contributed by atoms with van der Waals surface area (Å²) in [7, 11) is 0. The molecule has 1 saturated heterocycles. The second-order valence-electron chi connectivity index (χ2n) is 6.77. The smallest absolute Gasteiger partial charge is 0.338 e. The fourth-order valence-electron chi connectivity index (χ4n) is 3.70. The number of nitrogens with one attached hydrogen (secondary N) is 1. The predicted octanol–water partition coefficient (Wildman–Crippen LogP) is 4.40. The van der Waals surface area contributed by atoms with Crippen molar-refractivity contribution >= 4 is 33.6 Å².